The van der Waals surface area contributed by atoms with Crippen molar-refractivity contribution in [2.75, 3.05) is 43.9 Å². The summed E-state index contributed by atoms with van der Waals surface area (Å²) >= 11 is 3.72. The molecule has 0 aliphatic carbocycles. The molecule has 0 radical (unpaired) electrons. The summed E-state index contributed by atoms with van der Waals surface area (Å²) in [4.78, 5) is 18.6. The van der Waals surface area contributed by atoms with Crippen molar-refractivity contribution in [3.05, 3.63) is 29.8 Å². The summed E-state index contributed by atoms with van der Waals surface area (Å²) in [6.45, 7) is 3.91. The summed E-state index contributed by atoms with van der Waals surface area (Å²) in [5, 5.41) is 0. The van der Waals surface area contributed by atoms with Crippen molar-refractivity contribution < 1.29 is 4.79 Å². The van der Waals surface area contributed by atoms with Crippen LogP contribution in [0.15, 0.2) is 29.2 Å². The first-order valence-electron chi connectivity index (χ1n) is 8.03. The van der Waals surface area contributed by atoms with Gasteiger partial charge < -0.3 is 4.90 Å². The van der Waals surface area contributed by atoms with Gasteiger partial charge >= 0.3 is 0 Å². The van der Waals surface area contributed by atoms with E-state index in [0.717, 1.165) is 49.1 Å². The number of rotatable bonds is 3. The van der Waals surface area contributed by atoms with Crippen LogP contribution >= 0.6 is 23.5 Å². The average molecular weight is 337 g/mol. The molecule has 0 spiro atoms. The zero-order valence-electron chi connectivity index (χ0n) is 13.2. The second-order valence-corrected chi connectivity index (χ2v) is 7.90. The Labute approximate surface area is 141 Å². The van der Waals surface area contributed by atoms with E-state index in [4.69, 9.17) is 0 Å². The van der Waals surface area contributed by atoms with Crippen molar-refractivity contribution in [1.29, 1.82) is 0 Å². The lowest BCUT2D eigenvalue weighted by Crippen LogP contribution is -2.39. The van der Waals surface area contributed by atoms with Crippen LogP contribution in [-0.4, -0.2) is 65.7 Å². The molecule has 22 heavy (non-hydrogen) atoms. The van der Waals surface area contributed by atoms with E-state index in [2.05, 4.69) is 21.6 Å². The second kappa shape index (κ2) is 7.75. The fourth-order valence-corrected chi connectivity index (χ4v) is 5.15. The standard InChI is InChI=1S/C17H24N2OS2/c1-21-16-6-3-2-5-15(16)17(20)19-9-4-8-18(10-11-19)14-7-12-22-13-14/h2-3,5-6,14H,4,7-13H2,1H3. The van der Waals surface area contributed by atoms with Gasteiger partial charge in [-0.1, -0.05) is 12.1 Å². The topological polar surface area (TPSA) is 23.6 Å². The van der Waals surface area contributed by atoms with Crippen molar-refractivity contribution >= 4 is 29.4 Å². The summed E-state index contributed by atoms with van der Waals surface area (Å²) in [5.74, 6) is 2.77. The Morgan fingerprint density at radius 3 is 2.86 bits per heavy atom. The third-order valence-electron chi connectivity index (χ3n) is 4.58. The second-order valence-electron chi connectivity index (χ2n) is 5.90. The van der Waals surface area contributed by atoms with Crippen LogP contribution < -0.4 is 0 Å². The van der Waals surface area contributed by atoms with E-state index in [-0.39, 0.29) is 5.91 Å². The highest BCUT2D eigenvalue weighted by Crippen LogP contribution is 2.25. The molecule has 1 atom stereocenters. The van der Waals surface area contributed by atoms with Crippen LogP contribution in [0, 0.1) is 0 Å². The van der Waals surface area contributed by atoms with Gasteiger partial charge in [-0.05, 0) is 37.0 Å². The van der Waals surface area contributed by atoms with Gasteiger partial charge in [-0.2, -0.15) is 11.8 Å². The van der Waals surface area contributed by atoms with Gasteiger partial charge in [0.25, 0.3) is 5.91 Å². The monoisotopic (exact) mass is 336 g/mol. The SMILES string of the molecule is CSc1ccccc1C(=O)N1CCCN(C2CCSC2)CC1. The van der Waals surface area contributed by atoms with Gasteiger partial charge in [-0.3, -0.25) is 9.69 Å². The molecule has 2 heterocycles. The number of carbonyl (C=O) groups excluding carboxylic acids is 1. The van der Waals surface area contributed by atoms with Crippen molar-refractivity contribution in [3.63, 3.8) is 0 Å². The van der Waals surface area contributed by atoms with Gasteiger partial charge in [0.15, 0.2) is 0 Å². The normalized spacial score (nSPS) is 23.5. The quantitative estimate of drug-likeness (QED) is 0.792. The summed E-state index contributed by atoms with van der Waals surface area (Å²) in [5.41, 5.74) is 0.861. The maximum absolute atomic E-state index is 12.9. The average Bonchev–Trinajstić information content (AvgIpc) is 2.99. The molecular weight excluding hydrogens is 312 g/mol. The van der Waals surface area contributed by atoms with Gasteiger partial charge in [0.05, 0.1) is 5.56 Å². The Morgan fingerprint density at radius 2 is 2.09 bits per heavy atom. The molecule has 2 aliphatic rings. The van der Waals surface area contributed by atoms with Crippen LogP contribution in [0.5, 0.6) is 0 Å². The zero-order chi connectivity index (χ0) is 15.4. The van der Waals surface area contributed by atoms with Gasteiger partial charge in [0.1, 0.15) is 0 Å². The van der Waals surface area contributed by atoms with Crippen LogP contribution in [0.1, 0.15) is 23.2 Å². The summed E-state index contributed by atoms with van der Waals surface area (Å²) in [6.07, 6.45) is 4.44. The van der Waals surface area contributed by atoms with Crippen molar-refractivity contribution in [2.24, 2.45) is 0 Å². The molecule has 1 amide bonds. The van der Waals surface area contributed by atoms with E-state index < -0.39 is 0 Å². The number of nitrogens with zero attached hydrogens (tertiary/aromatic N) is 2. The minimum Gasteiger partial charge on any atom is -0.337 e. The molecule has 2 fully saturated rings. The number of thioether (sulfide) groups is 2. The maximum Gasteiger partial charge on any atom is 0.255 e. The number of carbonyl (C=O) groups is 1. The first kappa shape index (κ1) is 16.2. The molecule has 0 aromatic heterocycles. The van der Waals surface area contributed by atoms with Crippen molar-refractivity contribution in [1.82, 2.24) is 9.80 Å². The van der Waals surface area contributed by atoms with E-state index in [1.54, 1.807) is 11.8 Å². The van der Waals surface area contributed by atoms with Crippen LogP contribution in [0.3, 0.4) is 0 Å². The summed E-state index contributed by atoms with van der Waals surface area (Å²) in [6, 6.07) is 8.71. The van der Waals surface area contributed by atoms with Crippen LogP contribution in [-0.2, 0) is 0 Å². The Hall–Kier alpha value is -0.650. The lowest BCUT2D eigenvalue weighted by atomic mass is 10.2. The molecule has 1 aromatic carbocycles. The molecular formula is C17H24N2OS2. The first-order chi connectivity index (χ1) is 10.8. The molecule has 0 N–H and O–H groups in total. The smallest absolute Gasteiger partial charge is 0.255 e. The summed E-state index contributed by atoms with van der Waals surface area (Å²) in [7, 11) is 0. The Bertz CT molecular complexity index is 517. The molecule has 0 saturated carbocycles. The van der Waals surface area contributed by atoms with Gasteiger partial charge in [0, 0.05) is 42.9 Å². The highest BCUT2D eigenvalue weighted by Gasteiger charge is 2.27. The third-order valence-corrected chi connectivity index (χ3v) is 6.52. The fourth-order valence-electron chi connectivity index (χ4n) is 3.31. The molecule has 5 heteroatoms. The number of amides is 1. The molecule has 3 rings (SSSR count). The molecule has 1 aromatic rings. The minimum atomic E-state index is 0.201. The first-order valence-corrected chi connectivity index (χ1v) is 10.4. The maximum atomic E-state index is 12.9. The molecule has 3 nitrogen and oxygen atoms in total. The highest BCUT2D eigenvalue weighted by atomic mass is 32.2. The largest absolute Gasteiger partial charge is 0.337 e. The molecule has 2 saturated heterocycles. The van der Waals surface area contributed by atoms with Crippen molar-refractivity contribution in [2.45, 2.75) is 23.8 Å². The van der Waals surface area contributed by atoms with Crippen LogP contribution in [0.25, 0.3) is 0 Å². The van der Waals surface area contributed by atoms with E-state index in [0.29, 0.717) is 0 Å². The predicted octanol–water partition coefficient (Wildman–Crippen LogP) is 3.06. The molecule has 0 bridgehead atoms. The van der Waals surface area contributed by atoms with E-state index in [9.17, 15) is 4.79 Å². The van der Waals surface area contributed by atoms with Crippen LogP contribution in [0.2, 0.25) is 0 Å². The number of benzene rings is 1. The predicted molar refractivity (Wildman–Crippen MR) is 96.0 cm³/mol. The van der Waals surface area contributed by atoms with Gasteiger partial charge in [0.2, 0.25) is 0 Å². The van der Waals surface area contributed by atoms with E-state index >= 15 is 0 Å². The van der Waals surface area contributed by atoms with E-state index in [1.807, 2.05) is 30.5 Å². The fraction of sp³-hybridized carbons (Fsp3) is 0.588. The van der Waals surface area contributed by atoms with E-state index in [1.165, 1.54) is 17.9 Å². The molecule has 120 valence electrons. The highest BCUT2D eigenvalue weighted by molar-refractivity contribution is 7.99. The minimum absolute atomic E-state index is 0.201. The van der Waals surface area contributed by atoms with Crippen molar-refractivity contribution in [3.8, 4) is 0 Å². The van der Waals surface area contributed by atoms with Gasteiger partial charge in [-0.25, -0.2) is 0 Å². The van der Waals surface area contributed by atoms with Crippen LogP contribution in [0.4, 0.5) is 0 Å². The Morgan fingerprint density at radius 1 is 1.23 bits per heavy atom. The third kappa shape index (κ3) is 3.63. The number of hydrogen-bond acceptors (Lipinski definition) is 4. The Kier molecular flexibility index (Phi) is 5.71. The molecule has 2 aliphatic heterocycles. The van der Waals surface area contributed by atoms with Gasteiger partial charge in [-0.15, -0.1) is 11.8 Å². The molecule has 1 unspecified atom stereocenters. The summed E-state index contributed by atoms with van der Waals surface area (Å²) < 4.78 is 0. The lowest BCUT2D eigenvalue weighted by molar-refractivity contribution is 0.0755. The number of hydrogen-bond donors (Lipinski definition) is 0. The zero-order valence-corrected chi connectivity index (χ0v) is 14.8. The lowest BCUT2D eigenvalue weighted by Gasteiger charge is -2.27. The Balaban J connectivity index is 1.66.